The highest BCUT2D eigenvalue weighted by molar-refractivity contribution is 5.66. The van der Waals surface area contributed by atoms with E-state index in [0.29, 0.717) is 6.42 Å². The van der Waals surface area contributed by atoms with Crippen molar-refractivity contribution < 1.29 is 19.0 Å². The highest BCUT2D eigenvalue weighted by atomic mass is 19.1. The Balaban J connectivity index is 3.47. The third-order valence-electron chi connectivity index (χ3n) is 3.22. The molecule has 5 heteroatoms. The quantitative estimate of drug-likeness (QED) is 0.833. The van der Waals surface area contributed by atoms with Gasteiger partial charge in [-0.15, -0.1) is 0 Å². The first kappa shape index (κ1) is 15.4. The summed E-state index contributed by atoms with van der Waals surface area (Å²) in [4.78, 5) is 12.7. The highest BCUT2D eigenvalue weighted by Crippen LogP contribution is 2.36. The van der Waals surface area contributed by atoms with Gasteiger partial charge in [0.15, 0.2) is 5.72 Å². The molecule has 0 aromatic heterocycles. The monoisotopic (exact) mass is 269 g/mol. The molecule has 1 aromatic rings. The van der Waals surface area contributed by atoms with Crippen molar-refractivity contribution in [3.63, 3.8) is 0 Å². The Labute approximate surface area is 112 Å². The molecule has 0 saturated heterocycles. The number of methoxy groups -OCH3 is 1. The average molecular weight is 269 g/mol. The summed E-state index contributed by atoms with van der Waals surface area (Å²) in [5.41, 5.74) is -1.08. The second kappa shape index (κ2) is 6.02. The van der Waals surface area contributed by atoms with E-state index in [0.717, 1.165) is 4.90 Å². The van der Waals surface area contributed by atoms with Gasteiger partial charge in [0.2, 0.25) is 0 Å². The Morgan fingerprint density at radius 3 is 2.42 bits per heavy atom. The average Bonchev–Trinajstić information content (AvgIpc) is 2.35. The first-order valence-corrected chi connectivity index (χ1v) is 6.23. The number of carbonyl (C=O) groups is 1. The van der Waals surface area contributed by atoms with Gasteiger partial charge in [0.05, 0.1) is 0 Å². The Kier molecular flexibility index (Phi) is 4.89. The van der Waals surface area contributed by atoms with E-state index in [9.17, 15) is 14.3 Å². The minimum atomic E-state index is -1.31. The van der Waals surface area contributed by atoms with Crippen LogP contribution in [0.4, 0.5) is 9.18 Å². The molecular formula is C14H20FNO3. The summed E-state index contributed by atoms with van der Waals surface area (Å²) in [5.74, 6) is -0.474. The summed E-state index contributed by atoms with van der Waals surface area (Å²) < 4.78 is 19.5. The Hall–Kier alpha value is -1.62. The fraction of sp³-hybridized carbons (Fsp3) is 0.500. The first-order valence-electron chi connectivity index (χ1n) is 6.23. The van der Waals surface area contributed by atoms with Gasteiger partial charge in [-0.05, 0) is 26.3 Å². The zero-order valence-electron chi connectivity index (χ0n) is 11.7. The maximum Gasteiger partial charge on any atom is 0.410 e. The molecule has 0 heterocycles. The van der Waals surface area contributed by atoms with Crippen LogP contribution in [0.5, 0.6) is 0 Å². The lowest BCUT2D eigenvalue weighted by atomic mass is 9.96. The molecule has 1 atom stereocenters. The minimum Gasteiger partial charge on any atom is -0.465 e. The van der Waals surface area contributed by atoms with E-state index in [1.54, 1.807) is 39.0 Å². The van der Waals surface area contributed by atoms with Crippen molar-refractivity contribution in [2.45, 2.75) is 39.0 Å². The molecule has 1 amide bonds. The van der Waals surface area contributed by atoms with E-state index in [1.807, 2.05) is 0 Å². The molecule has 19 heavy (non-hydrogen) atoms. The molecule has 0 fully saturated rings. The number of ether oxygens (including phenoxy) is 1. The summed E-state index contributed by atoms with van der Waals surface area (Å²) >= 11 is 0. The van der Waals surface area contributed by atoms with E-state index in [4.69, 9.17) is 4.74 Å². The molecule has 0 aliphatic rings. The zero-order chi connectivity index (χ0) is 14.6. The lowest BCUT2D eigenvalue weighted by Crippen LogP contribution is -2.53. The number of carboxylic acid groups (broad SMARTS) is 1. The summed E-state index contributed by atoms with van der Waals surface area (Å²) in [6.45, 7) is 5.24. The predicted molar refractivity (Wildman–Crippen MR) is 70.4 cm³/mol. The number of halogens is 1. The summed E-state index contributed by atoms with van der Waals surface area (Å²) in [6.07, 6.45) is -0.823. The van der Waals surface area contributed by atoms with Gasteiger partial charge < -0.3 is 9.84 Å². The van der Waals surface area contributed by atoms with Crippen LogP contribution in [0, 0.1) is 5.82 Å². The second-order valence-corrected chi connectivity index (χ2v) is 4.57. The highest BCUT2D eigenvalue weighted by Gasteiger charge is 2.43. The standard InChI is InChI=1S/C14H20FNO3/c1-5-14(19-4,16(10(2)3)13(17)18)11-8-6-7-9-12(11)15/h6-10H,5H2,1-4H3,(H,17,18)/t14-/m1/s1. The van der Waals surface area contributed by atoms with Gasteiger partial charge in [0.25, 0.3) is 0 Å². The molecule has 0 saturated carbocycles. The van der Waals surface area contributed by atoms with Gasteiger partial charge in [-0.2, -0.15) is 0 Å². The number of amides is 1. The molecule has 1 N–H and O–H groups in total. The zero-order valence-corrected chi connectivity index (χ0v) is 11.7. The summed E-state index contributed by atoms with van der Waals surface area (Å²) in [5, 5.41) is 9.42. The molecule has 1 aromatic carbocycles. The lowest BCUT2D eigenvalue weighted by molar-refractivity contribution is -0.143. The molecule has 1 rings (SSSR count). The van der Waals surface area contributed by atoms with E-state index >= 15 is 0 Å². The number of hydrogen-bond donors (Lipinski definition) is 1. The van der Waals surface area contributed by atoms with Gasteiger partial charge in [0, 0.05) is 18.7 Å². The fourth-order valence-electron chi connectivity index (χ4n) is 2.41. The topological polar surface area (TPSA) is 49.8 Å². The molecule has 4 nitrogen and oxygen atoms in total. The third kappa shape index (κ3) is 2.71. The van der Waals surface area contributed by atoms with Crippen LogP contribution >= 0.6 is 0 Å². The van der Waals surface area contributed by atoms with Crippen molar-refractivity contribution in [2.75, 3.05) is 7.11 Å². The SMILES string of the molecule is CC[C@@](OC)(c1ccccc1F)N(C(=O)O)C(C)C. The lowest BCUT2D eigenvalue weighted by Gasteiger charge is -2.43. The van der Waals surface area contributed by atoms with Crippen LogP contribution in [0.15, 0.2) is 24.3 Å². The third-order valence-corrected chi connectivity index (χ3v) is 3.22. The number of rotatable bonds is 5. The Morgan fingerprint density at radius 2 is 2.05 bits per heavy atom. The Morgan fingerprint density at radius 1 is 1.47 bits per heavy atom. The molecule has 106 valence electrons. The van der Waals surface area contributed by atoms with E-state index in [1.165, 1.54) is 13.2 Å². The van der Waals surface area contributed by atoms with Gasteiger partial charge in [-0.25, -0.2) is 9.18 Å². The normalized spacial score (nSPS) is 14.2. The number of hydrogen-bond acceptors (Lipinski definition) is 2. The fourth-order valence-corrected chi connectivity index (χ4v) is 2.41. The van der Waals surface area contributed by atoms with Crippen molar-refractivity contribution in [1.82, 2.24) is 4.90 Å². The van der Waals surface area contributed by atoms with Crippen molar-refractivity contribution in [3.05, 3.63) is 35.6 Å². The maximum absolute atomic E-state index is 14.0. The van der Waals surface area contributed by atoms with Gasteiger partial charge >= 0.3 is 6.09 Å². The van der Waals surface area contributed by atoms with E-state index in [-0.39, 0.29) is 11.6 Å². The molecule has 0 bridgehead atoms. The van der Waals surface area contributed by atoms with Crippen LogP contribution in [0.25, 0.3) is 0 Å². The van der Waals surface area contributed by atoms with Crippen LogP contribution < -0.4 is 0 Å². The first-order chi connectivity index (χ1) is 8.90. The maximum atomic E-state index is 14.0. The predicted octanol–water partition coefficient (Wildman–Crippen LogP) is 3.42. The van der Waals surface area contributed by atoms with Crippen LogP contribution in [0.2, 0.25) is 0 Å². The van der Waals surface area contributed by atoms with Crippen LogP contribution in [-0.4, -0.2) is 29.3 Å². The molecule has 0 aliphatic heterocycles. The van der Waals surface area contributed by atoms with Crippen LogP contribution in [0.1, 0.15) is 32.8 Å². The van der Waals surface area contributed by atoms with Gasteiger partial charge in [0.1, 0.15) is 5.82 Å². The minimum absolute atomic E-state index is 0.232. The van der Waals surface area contributed by atoms with Crippen molar-refractivity contribution in [1.29, 1.82) is 0 Å². The molecule has 0 radical (unpaired) electrons. The van der Waals surface area contributed by atoms with Gasteiger partial charge in [-0.3, -0.25) is 4.90 Å². The van der Waals surface area contributed by atoms with Crippen molar-refractivity contribution in [3.8, 4) is 0 Å². The van der Waals surface area contributed by atoms with Gasteiger partial charge in [-0.1, -0.05) is 25.1 Å². The molecule has 0 unspecified atom stereocenters. The summed E-state index contributed by atoms with van der Waals surface area (Å²) in [6, 6.07) is 5.76. The molecule has 0 spiro atoms. The van der Waals surface area contributed by atoms with E-state index < -0.39 is 17.6 Å². The van der Waals surface area contributed by atoms with Crippen molar-refractivity contribution >= 4 is 6.09 Å². The van der Waals surface area contributed by atoms with Crippen LogP contribution in [0.3, 0.4) is 0 Å². The second-order valence-electron chi connectivity index (χ2n) is 4.57. The Bertz CT molecular complexity index is 444. The van der Waals surface area contributed by atoms with Crippen LogP contribution in [-0.2, 0) is 10.5 Å². The number of benzene rings is 1. The summed E-state index contributed by atoms with van der Waals surface area (Å²) in [7, 11) is 1.40. The molecule has 0 aliphatic carbocycles. The number of nitrogens with zero attached hydrogens (tertiary/aromatic N) is 1. The van der Waals surface area contributed by atoms with E-state index in [2.05, 4.69) is 0 Å². The van der Waals surface area contributed by atoms with Crippen molar-refractivity contribution in [2.24, 2.45) is 0 Å². The smallest absolute Gasteiger partial charge is 0.410 e. The largest absolute Gasteiger partial charge is 0.465 e. The molecular weight excluding hydrogens is 249 g/mol.